The number of benzene rings is 4. The van der Waals surface area contributed by atoms with Gasteiger partial charge in [0.2, 0.25) is 5.91 Å². The average molecular weight is 530 g/mol. The number of nitrogens with one attached hydrogen (secondary N) is 1. The van der Waals surface area contributed by atoms with Gasteiger partial charge in [-0.05, 0) is 36.4 Å². The summed E-state index contributed by atoms with van der Waals surface area (Å²) in [5, 5.41) is 2.65. The van der Waals surface area contributed by atoms with Crippen molar-refractivity contribution in [1.82, 2.24) is 3.89 Å². The Morgan fingerprint density at radius 3 is 2.00 bits per heavy atom. The molecular weight excluding hydrogens is 500 g/mol. The number of hydrogen-bond donors (Lipinski definition) is 1. The van der Waals surface area contributed by atoms with Crippen molar-refractivity contribution >= 4 is 33.1 Å². The molecule has 0 bridgehead atoms. The molecule has 1 unspecified atom stereocenters. The fraction of sp³-hybridized carbons (Fsp3) is 0.133. The summed E-state index contributed by atoms with van der Waals surface area (Å²) in [6, 6.07) is 31.0. The predicted octanol–water partition coefficient (Wildman–Crippen LogP) is 5.43. The van der Waals surface area contributed by atoms with Crippen LogP contribution in [0.5, 0.6) is 5.75 Å². The van der Waals surface area contributed by atoms with E-state index in [-0.39, 0.29) is 22.9 Å². The van der Waals surface area contributed by atoms with Crippen molar-refractivity contribution in [2.24, 2.45) is 0 Å². The summed E-state index contributed by atoms with van der Waals surface area (Å²) in [5.74, 6) is -0.398. The molecule has 0 aliphatic heterocycles. The van der Waals surface area contributed by atoms with Crippen LogP contribution in [-0.2, 0) is 21.4 Å². The fourth-order valence-corrected chi connectivity index (χ4v) is 6.02. The highest BCUT2D eigenvalue weighted by molar-refractivity contribution is 7.91. The van der Waals surface area contributed by atoms with Crippen molar-refractivity contribution < 1.29 is 22.7 Å². The number of ether oxygens (including phenoxy) is 1. The second-order valence-corrected chi connectivity index (χ2v) is 11.1. The SMILES string of the molecule is COc1ccc(C(=O)CC(=O)Nc2ccccc2S(=O)(=O)[N+](C)(Cc2ccccc2)c2ccccc2)cc1. The molecule has 0 aliphatic rings. The highest BCUT2D eigenvalue weighted by Crippen LogP contribution is 2.35. The van der Waals surface area contributed by atoms with E-state index in [1.54, 1.807) is 67.7 Å². The van der Waals surface area contributed by atoms with Gasteiger partial charge in [-0.15, -0.1) is 0 Å². The highest BCUT2D eigenvalue weighted by atomic mass is 32.2. The average Bonchev–Trinajstić information content (AvgIpc) is 2.94. The second kappa shape index (κ2) is 11.4. The van der Waals surface area contributed by atoms with E-state index in [1.807, 2.05) is 36.4 Å². The number of quaternary nitrogens is 1. The summed E-state index contributed by atoms with van der Waals surface area (Å²) < 4.78 is 33.3. The van der Waals surface area contributed by atoms with Crippen LogP contribution in [0.4, 0.5) is 11.4 Å². The number of hydrogen-bond acceptors (Lipinski definition) is 5. The van der Waals surface area contributed by atoms with Crippen LogP contribution in [0.1, 0.15) is 22.3 Å². The van der Waals surface area contributed by atoms with Crippen LogP contribution in [0.2, 0.25) is 0 Å². The van der Waals surface area contributed by atoms with Crippen LogP contribution < -0.4 is 13.9 Å². The van der Waals surface area contributed by atoms with Gasteiger partial charge in [0.15, 0.2) is 5.78 Å². The number of nitrogens with zero attached hydrogens (tertiary/aromatic N) is 1. The number of Topliss-reactive ketones (excluding diaryl/α,β-unsaturated/α-hetero) is 1. The Kier molecular flexibility index (Phi) is 8.05. The Hall–Kier alpha value is -4.27. The number of para-hydroxylation sites is 2. The lowest BCUT2D eigenvalue weighted by molar-refractivity contribution is -0.115. The smallest absolute Gasteiger partial charge is 0.334 e. The lowest BCUT2D eigenvalue weighted by Crippen LogP contribution is -2.49. The Morgan fingerprint density at radius 1 is 0.789 bits per heavy atom. The Bertz CT molecular complexity index is 1520. The molecular formula is C30H29N2O5S+. The summed E-state index contributed by atoms with van der Waals surface area (Å²) in [5.41, 5.74) is 1.90. The second-order valence-electron chi connectivity index (χ2n) is 8.93. The maximum Gasteiger partial charge on any atom is 0.334 e. The van der Waals surface area contributed by atoms with Gasteiger partial charge in [0.25, 0.3) is 0 Å². The molecule has 4 rings (SSSR count). The molecule has 38 heavy (non-hydrogen) atoms. The normalized spacial score (nSPS) is 12.8. The highest BCUT2D eigenvalue weighted by Gasteiger charge is 2.43. The molecule has 0 aliphatic carbocycles. The van der Waals surface area contributed by atoms with Crippen LogP contribution in [0.3, 0.4) is 0 Å². The minimum Gasteiger partial charge on any atom is -0.497 e. The molecule has 0 spiro atoms. The number of methoxy groups -OCH3 is 1. The minimum absolute atomic E-state index is 0.0347. The zero-order valence-corrected chi connectivity index (χ0v) is 22.0. The largest absolute Gasteiger partial charge is 0.497 e. The summed E-state index contributed by atoms with van der Waals surface area (Å²) in [6.07, 6.45) is -0.435. The van der Waals surface area contributed by atoms with Crippen LogP contribution in [0.15, 0.2) is 114 Å². The van der Waals surface area contributed by atoms with Crippen molar-refractivity contribution in [1.29, 1.82) is 0 Å². The maximum absolute atomic E-state index is 14.3. The van der Waals surface area contributed by atoms with E-state index < -0.39 is 26.2 Å². The van der Waals surface area contributed by atoms with Crippen LogP contribution in [-0.4, -0.2) is 34.3 Å². The first-order valence-electron chi connectivity index (χ1n) is 12.0. The molecule has 0 saturated carbocycles. The van der Waals surface area contributed by atoms with Crippen molar-refractivity contribution in [3.63, 3.8) is 0 Å². The van der Waals surface area contributed by atoms with Gasteiger partial charge >= 0.3 is 10.0 Å². The quantitative estimate of drug-likeness (QED) is 0.168. The maximum atomic E-state index is 14.3. The topological polar surface area (TPSA) is 89.5 Å². The molecule has 0 radical (unpaired) electrons. The molecule has 0 aromatic heterocycles. The molecule has 8 heteroatoms. The number of carbonyl (C=O) groups excluding carboxylic acids is 2. The summed E-state index contributed by atoms with van der Waals surface area (Å²) in [7, 11) is -0.925. The zero-order valence-electron chi connectivity index (χ0n) is 21.2. The molecule has 0 saturated heterocycles. The Morgan fingerprint density at radius 2 is 1.37 bits per heavy atom. The van der Waals surface area contributed by atoms with E-state index in [0.29, 0.717) is 17.0 Å². The molecule has 1 amide bonds. The lowest BCUT2D eigenvalue weighted by Gasteiger charge is -2.33. The van der Waals surface area contributed by atoms with Gasteiger partial charge in [0, 0.05) is 23.3 Å². The van der Waals surface area contributed by atoms with Gasteiger partial charge in [-0.3, -0.25) is 9.59 Å². The first-order valence-corrected chi connectivity index (χ1v) is 13.4. The Balaban J connectivity index is 1.65. The third-order valence-corrected chi connectivity index (χ3v) is 8.64. The van der Waals surface area contributed by atoms with Gasteiger partial charge in [-0.25, -0.2) is 0 Å². The van der Waals surface area contributed by atoms with E-state index in [2.05, 4.69) is 5.32 Å². The van der Waals surface area contributed by atoms with Crippen LogP contribution >= 0.6 is 0 Å². The van der Waals surface area contributed by atoms with Crippen LogP contribution in [0.25, 0.3) is 0 Å². The summed E-state index contributed by atoms with van der Waals surface area (Å²) >= 11 is 0. The summed E-state index contributed by atoms with van der Waals surface area (Å²) in [6.45, 7) is 0.172. The Labute approximate surface area is 223 Å². The van der Waals surface area contributed by atoms with Gasteiger partial charge in [0.1, 0.15) is 22.9 Å². The van der Waals surface area contributed by atoms with Gasteiger partial charge in [-0.1, -0.05) is 60.7 Å². The minimum atomic E-state index is -4.09. The number of rotatable bonds is 10. The molecule has 1 atom stereocenters. The lowest BCUT2D eigenvalue weighted by atomic mass is 10.1. The predicted molar refractivity (Wildman–Crippen MR) is 149 cm³/mol. The first-order chi connectivity index (χ1) is 18.2. The van der Waals surface area contributed by atoms with Crippen molar-refractivity contribution in [2.75, 3.05) is 19.5 Å². The van der Waals surface area contributed by atoms with E-state index in [9.17, 15) is 18.0 Å². The van der Waals surface area contributed by atoms with Gasteiger partial charge in [0.05, 0.1) is 26.3 Å². The van der Waals surface area contributed by atoms with Crippen molar-refractivity contribution in [3.05, 3.63) is 120 Å². The number of anilines is 1. The third kappa shape index (κ3) is 5.66. The third-order valence-electron chi connectivity index (χ3n) is 6.33. The van der Waals surface area contributed by atoms with Crippen LogP contribution in [0, 0.1) is 0 Å². The molecule has 1 N–H and O–H groups in total. The fourth-order valence-electron chi connectivity index (χ4n) is 4.22. The molecule has 194 valence electrons. The monoisotopic (exact) mass is 529 g/mol. The molecule has 0 fully saturated rings. The molecule has 4 aromatic rings. The number of sulfonamides is 1. The van der Waals surface area contributed by atoms with E-state index >= 15 is 0 Å². The molecule has 0 heterocycles. The number of carbonyl (C=O) groups is 2. The van der Waals surface area contributed by atoms with E-state index in [0.717, 1.165) is 5.56 Å². The zero-order chi connectivity index (χ0) is 27.2. The van der Waals surface area contributed by atoms with Crippen molar-refractivity contribution in [3.8, 4) is 5.75 Å². The van der Waals surface area contributed by atoms with E-state index in [1.165, 1.54) is 19.2 Å². The van der Waals surface area contributed by atoms with Crippen molar-refractivity contribution in [2.45, 2.75) is 17.9 Å². The number of ketones is 1. The first kappa shape index (κ1) is 26.8. The van der Waals surface area contributed by atoms with Gasteiger partial charge < -0.3 is 10.1 Å². The van der Waals surface area contributed by atoms with E-state index in [4.69, 9.17) is 4.74 Å². The summed E-state index contributed by atoms with van der Waals surface area (Å²) in [4.78, 5) is 25.5. The molecule has 4 aromatic carbocycles. The van der Waals surface area contributed by atoms with Gasteiger partial charge in [-0.2, -0.15) is 12.3 Å². The number of amides is 1. The standard InChI is InChI=1S/C30H28N2O5S/c1-32(25-13-7-4-8-14-25,22-23-11-5-3-6-12-23)38(35,36)29-16-10-9-15-27(29)31-30(34)21-28(33)24-17-19-26(37-2)20-18-24/h3-20H,21-22H2,1-2H3/p+1. The molecule has 7 nitrogen and oxygen atoms in total.